The molecule has 1 aromatic carbocycles. The normalized spacial score (nSPS) is 16.2. The molecular formula is C23H30N4O6. The summed E-state index contributed by atoms with van der Waals surface area (Å²) in [5, 5.41) is 4.38. The second kappa shape index (κ2) is 13.1. The summed E-state index contributed by atoms with van der Waals surface area (Å²) in [5.41, 5.74) is 0.907. The Labute approximate surface area is 192 Å². The lowest BCUT2D eigenvalue weighted by molar-refractivity contribution is -0.107. The lowest BCUT2D eigenvalue weighted by Gasteiger charge is -2.46. The van der Waals surface area contributed by atoms with E-state index in [-0.39, 0.29) is 35.6 Å². The number of likely N-dealkylation sites (N-methyl/N-ethyl adjacent to an activating group) is 1. The van der Waals surface area contributed by atoms with Gasteiger partial charge in [0.1, 0.15) is 19.1 Å². The molecule has 0 saturated carbocycles. The number of rotatable bonds is 5. The molecule has 1 fully saturated rings. The quantitative estimate of drug-likeness (QED) is 0.499. The number of benzene rings is 1. The largest absolute Gasteiger partial charge is 0.482 e. The summed E-state index contributed by atoms with van der Waals surface area (Å²) in [4.78, 5) is 45.2. The molecule has 0 N–H and O–H groups in total. The van der Waals surface area contributed by atoms with E-state index >= 15 is 0 Å². The summed E-state index contributed by atoms with van der Waals surface area (Å²) in [5.74, 6) is -0.111. The summed E-state index contributed by atoms with van der Waals surface area (Å²) in [7, 11) is 1.87. The minimum Gasteiger partial charge on any atom is -0.482 e. The van der Waals surface area contributed by atoms with E-state index < -0.39 is 0 Å². The molecular weight excluding hydrogens is 428 g/mol. The van der Waals surface area contributed by atoms with E-state index in [1.807, 2.05) is 49.3 Å². The molecule has 0 radical (unpaired) electrons. The Morgan fingerprint density at radius 1 is 1.18 bits per heavy atom. The number of aromatic nitrogens is 1. The first-order valence-electron chi connectivity index (χ1n) is 10.8. The molecule has 2 aromatic rings. The van der Waals surface area contributed by atoms with E-state index in [0.29, 0.717) is 32.7 Å². The minimum absolute atomic E-state index is 0.0909. The molecule has 0 bridgehead atoms. The Bertz CT molecular complexity index is 971. The maximum atomic E-state index is 13.0. The van der Waals surface area contributed by atoms with Gasteiger partial charge >= 0.3 is 0 Å². The van der Waals surface area contributed by atoms with E-state index in [1.165, 1.54) is 6.07 Å². The van der Waals surface area contributed by atoms with Gasteiger partial charge in [-0.3, -0.25) is 19.3 Å². The zero-order chi connectivity index (χ0) is 24.2. The van der Waals surface area contributed by atoms with Crippen LogP contribution in [0, 0.1) is 4.91 Å². The number of morpholine rings is 1. The van der Waals surface area contributed by atoms with Crippen molar-refractivity contribution in [3.05, 3.63) is 69.0 Å². The van der Waals surface area contributed by atoms with E-state index in [9.17, 15) is 14.4 Å². The van der Waals surface area contributed by atoms with Crippen LogP contribution in [-0.2, 0) is 16.1 Å². The first-order valence-corrected chi connectivity index (χ1v) is 10.8. The second-order valence-electron chi connectivity index (χ2n) is 7.12. The molecule has 1 atom stereocenters. The highest BCUT2D eigenvalue weighted by atomic mass is 16.5. The number of ether oxygens (including phenoxy) is 2. The van der Waals surface area contributed by atoms with Gasteiger partial charge in [-0.15, -0.1) is 0 Å². The number of fused-ring (bicyclic) bond motifs is 2. The summed E-state index contributed by atoms with van der Waals surface area (Å²) in [6.07, 6.45) is 2.94. The smallest absolute Gasteiger partial charge is 0.278 e. The van der Waals surface area contributed by atoms with E-state index in [1.54, 1.807) is 22.7 Å². The highest BCUT2D eigenvalue weighted by molar-refractivity contribution is 5.96. The third-order valence-corrected chi connectivity index (χ3v) is 4.89. The number of nitroso groups, excluding NO2 is 1. The average Bonchev–Trinajstić information content (AvgIpc) is 2.87. The van der Waals surface area contributed by atoms with Gasteiger partial charge in [0.05, 0.1) is 19.8 Å². The SMILES string of the molecule is CCC=O.CCN=O.CN1C2COCCN2C(=O)c2c(OCc3ccccc3)c(=O)ccn21. The lowest BCUT2D eigenvalue weighted by atomic mass is 10.2. The van der Waals surface area contributed by atoms with E-state index in [4.69, 9.17) is 14.4 Å². The predicted molar refractivity (Wildman–Crippen MR) is 124 cm³/mol. The van der Waals surface area contributed by atoms with Crippen LogP contribution in [0.5, 0.6) is 5.75 Å². The van der Waals surface area contributed by atoms with Crippen LogP contribution in [0.4, 0.5) is 0 Å². The Balaban J connectivity index is 0.000000420. The molecule has 0 aliphatic carbocycles. The van der Waals surface area contributed by atoms with Crippen LogP contribution in [0.3, 0.4) is 0 Å². The van der Waals surface area contributed by atoms with Gasteiger partial charge in [0, 0.05) is 32.3 Å². The van der Waals surface area contributed by atoms with Gasteiger partial charge in [0.15, 0.2) is 11.4 Å². The van der Waals surface area contributed by atoms with Crippen LogP contribution in [0.2, 0.25) is 0 Å². The van der Waals surface area contributed by atoms with Gasteiger partial charge < -0.3 is 19.2 Å². The van der Waals surface area contributed by atoms with Crippen LogP contribution in [0.1, 0.15) is 36.3 Å². The topological polar surface area (TPSA) is 111 Å². The van der Waals surface area contributed by atoms with Gasteiger partial charge in [0.2, 0.25) is 5.43 Å². The van der Waals surface area contributed by atoms with Crippen molar-refractivity contribution < 1.29 is 19.1 Å². The number of hydrogen-bond donors (Lipinski definition) is 0. The summed E-state index contributed by atoms with van der Waals surface area (Å²) < 4.78 is 13.0. The van der Waals surface area contributed by atoms with Crippen molar-refractivity contribution in [3.8, 4) is 5.75 Å². The van der Waals surface area contributed by atoms with E-state index in [2.05, 4.69) is 5.18 Å². The minimum atomic E-state index is -0.296. The molecule has 1 aromatic heterocycles. The van der Waals surface area contributed by atoms with Gasteiger partial charge in [-0.25, -0.2) is 0 Å². The van der Waals surface area contributed by atoms with Crippen LogP contribution in [0.15, 0.2) is 52.6 Å². The summed E-state index contributed by atoms with van der Waals surface area (Å²) in [6.45, 7) is 5.56. The summed E-state index contributed by atoms with van der Waals surface area (Å²) in [6, 6.07) is 11.0. The molecule has 178 valence electrons. The monoisotopic (exact) mass is 458 g/mol. The Morgan fingerprint density at radius 3 is 2.45 bits per heavy atom. The maximum absolute atomic E-state index is 13.0. The van der Waals surface area contributed by atoms with E-state index in [0.717, 1.165) is 11.8 Å². The second-order valence-corrected chi connectivity index (χ2v) is 7.12. The molecule has 10 nitrogen and oxygen atoms in total. The fourth-order valence-corrected chi connectivity index (χ4v) is 3.25. The number of pyridine rings is 1. The van der Waals surface area contributed by atoms with Crippen molar-refractivity contribution in [2.45, 2.75) is 33.0 Å². The fraction of sp³-hybridized carbons (Fsp3) is 0.435. The third kappa shape index (κ3) is 6.48. The Hall–Kier alpha value is -3.53. The number of hydrogen-bond acceptors (Lipinski definition) is 8. The number of aldehydes is 1. The number of carbonyl (C=O) groups excluding carboxylic acids is 2. The van der Waals surface area contributed by atoms with Gasteiger partial charge in [0.25, 0.3) is 5.91 Å². The molecule has 33 heavy (non-hydrogen) atoms. The molecule has 1 saturated heterocycles. The molecule has 2 aliphatic heterocycles. The summed E-state index contributed by atoms with van der Waals surface area (Å²) >= 11 is 0. The predicted octanol–water partition coefficient (Wildman–Crippen LogP) is 2.18. The number of nitrogens with zero attached hydrogens (tertiary/aromatic N) is 4. The number of amides is 1. The van der Waals surface area contributed by atoms with Crippen molar-refractivity contribution in [1.82, 2.24) is 9.58 Å². The number of carbonyl (C=O) groups is 2. The maximum Gasteiger partial charge on any atom is 0.278 e. The van der Waals surface area contributed by atoms with Crippen LogP contribution in [-0.4, -0.2) is 61.3 Å². The standard InChI is InChI=1S/C18H19N3O4.C3H6O.C2H5NO/c1-19-15-12-24-10-9-20(15)18(23)16-17(14(22)7-8-21(16)19)25-11-13-5-3-2-4-6-13;2*1-2-3-4/h2-8,15H,9-12H2,1H3;3H,2H2,1H3;2H2,1H3. The molecule has 0 spiro atoms. The molecule has 2 aliphatic rings. The molecule has 10 heteroatoms. The zero-order valence-electron chi connectivity index (χ0n) is 19.2. The fourth-order valence-electron chi connectivity index (χ4n) is 3.25. The van der Waals surface area contributed by atoms with Gasteiger partial charge in [-0.05, 0) is 12.5 Å². The van der Waals surface area contributed by atoms with Crippen molar-refractivity contribution in [2.24, 2.45) is 5.18 Å². The Kier molecular flexibility index (Phi) is 10.2. The van der Waals surface area contributed by atoms with Crippen LogP contribution >= 0.6 is 0 Å². The lowest BCUT2D eigenvalue weighted by Crippen LogP contribution is -2.64. The van der Waals surface area contributed by atoms with Crippen molar-refractivity contribution in [3.63, 3.8) is 0 Å². The molecule has 3 heterocycles. The Morgan fingerprint density at radius 2 is 1.85 bits per heavy atom. The van der Waals surface area contributed by atoms with Crippen LogP contribution < -0.4 is 15.2 Å². The average molecular weight is 459 g/mol. The zero-order valence-corrected chi connectivity index (χ0v) is 19.2. The first-order chi connectivity index (χ1) is 16.0. The van der Waals surface area contributed by atoms with Crippen molar-refractivity contribution in [1.29, 1.82) is 0 Å². The highest BCUT2D eigenvalue weighted by Gasteiger charge is 2.40. The van der Waals surface area contributed by atoms with Crippen molar-refractivity contribution >= 4 is 12.2 Å². The highest BCUT2D eigenvalue weighted by Crippen LogP contribution is 2.25. The van der Waals surface area contributed by atoms with Crippen molar-refractivity contribution in [2.75, 3.05) is 38.4 Å². The van der Waals surface area contributed by atoms with Gasteiger partial charge in [-0.2, -0.15) is 4.91 Å². The molecule has 1 unspecified atom stereocenters. The molecule has 4 rings (SSSR count). The third-order valence-electron chi connectivity index (χ3n) is 4.89. The van der Waals surface area contributed by atoms with Gasteiger partial charge in [-0.1, -0.05) is 42.4 Å². The molecule has 1 amide bonds. The first kappa shape index (κ1) is 25.7. The van der Waals surface area contributed by atoms with Crippen LogP contribution in [0.25, 0.3) is 0 Å².